The van der Waals surface area contributed by atoms with Crippen LogP contribution in [0.2, 0.25) is 0 Å². The first-order valence-corrected chi connectivity index (χ1v) is 10.7. The van der Waals surface area contributed by atoms with Gasteiger partial charge >= 0.3 is 5.97 Å². The molecule has 0 saturated heterocycles. The molecule has 0 spiro atoms. The summed E-state index contributed by atoms with van der Waals surface area (Å²) in [4.78, 5) is 25.1. The Morgan fingerprint density at radius 1 is 0.970 bits per heavy atom. The van der Waals surface area contributed by atoms with E-state index in [-0.39, 0.29) is 22.8 Å². The normalized spacial score (nSPS) is 11.3. The van der Waals surface area contributed by atoms with Gasteiger partial charge in [0.05, 0.1) is 5.39 Å². The molecule has 0 radical (unpaired) electrons. The Bertz CT molecular complexity index is 1380. The van der Waals surface area contributed by atoms with Crippen molar-refractivity contribution >= 4 is 23.0 Å². The average Bonchev–Trinajstić information content (AvgIpc) is 2.81. The zero-order chi connectivity index (χ0) is 23.4. The van der Waals surface area contributed by atoms with Gasteiger partial charge in [-0.1, -0.05) is 61.9 Å². The molecule has 5 nitrogen and oxygen atoms in total. The van der Waals surface area contributed by atoms with Crippen LogP contribution in [0.25, 0.3) is 17.0 Å². The fourth-order valence-electron chi connectivity index (χ4n) is 3.39. The van der Waals surface area contributed by atoms with E-state index in [9.17, 15) is 9.59 Å². The number of carbonyl (C=O) groups is 1. The van der Waals surface area contributed by atoms with Gasteiger partial charge in [0.25, 0.3) is 0 Å². The molecular weight excluding hydrogens is 416 g/mol. The lowest BCUT2D eigenvalue weighted by atomic mass is 10.0. The third-order valence-electron chi connectivity index (χ3n) is 5.18. The summed E-state index contributed by atoms with van der Waals surface area (Å²) in [7, 11) is 0. The van der Waals surface area contributed by atoms with Crippen LogP contribution in [0, 0.1) is 6.92 Å². The summed E-state index contributed by atoms with van der Waals surface area (Å²) in [5.74, 6) is 0.711. The number of hydrogen-bond acceptors (Lipinski definition) is 5. The number of hydrogen-bond donors (Lipinski definition) is 0. The highest BCUT2D eigenvalue weighted by Gasteiger charge is 2.14. The summed E-state index contributed by atoms with van der Waals surface area (Å²) >= 11 is 0. The number of rotatable bonds is 6. The molecule has 1 heterocycles. The van der Waals surface area contributed by atoms with Crippen molar-refractivity contribution in [3.8, 4) is 17.2 Å². The summed E-state index contributed by atoms with van der Waals surface area (Å²) in [5.41, 5.74) is 3.04. The first-order chi connectivity index (χ1) is 15.9. The minimum absolute atomic E-state index is 0.0985. The monoisotopic (exact) mass is 440 g/mol. The van der Waals surface area contributed by atoms with Gasteiger partial charge in [-0.05, 0) is 48.2 Å². The predicted octanol–water partition coefficient (Wildman–Crippen LogP) is 6.64. The smallest absolute Gasteiger partial charge is 0.336 e. The molecule has 33 heavy (non-hydrogen) atoms. The molecule has 4 aromatic rings. The van der Waals surface area contributed by atoms with Crippen LogP contribution >= 0.6 is 0 Å². The molecular formula is C28H24O5. The van der Waals surface area contributed by atoms with E-state index in [1.165, 1.54) is 18.4 Å². The number of esters is 1. The van der Waals surface area contributed by atoms with Gasteiger partial charge in [-0.3, -0.25) is 4.79 Å². The SMILES string of the molecule is Cc1ccc(/C=C/C(=O)Oc2ccc3c(=O)c(Oc4ccccc4C(C)C)coc3c2)cc1. The van der Waals surface area contributed by atoms with Gasteiger partial charge in [0.1, 0.15) is 23.3 Å². The molecule has 0 aliphatic heterocycles. The van der Waals surface area contributed by atoms with Gasteiger partial charge in [0.2, 0.25) is 11.2 Å². The average molecular weight is 440 g/mol. The van der Waals surface area contributed by atoms with Crippen molar-refractivity contribution in [2.75, 3.05) is 0 Å². The van der Waals surface area contributed by atoms with E-state index >= 15 is 0 Å². The van der Waals surface area contributed by atoms with Crippen molar-refractivity contribution in [1.82, 2.24) is 0 Å². The molecule has 0 amide bonds. The second-order valence-corrected chi connectivity index (χ2v) is 8.05. The van der Waals surface area contributed by atoms with Gasteiger partial charge in [-0.15, -0.1) is 0 Å². The highest BCUT2D eigenvalue weighted by atomic mass is 16.5. The second-order valence-electron chi connectivity index (χ2n) is 8.05. The Morgan fingerprint density at radius 3 is 2.48 bits per heavy atom. The third kappa shape index (κ3) is 5.21. The highest BCUT2D eigenvalue weighted by Crippen LogP contribution is 2.30. The highest BCUT2D eigenvalue weighted by molar-refractivity contribution is 5.89. The fraction of sp³-hybridized carbons (Fsp3) is 0.143. The zero-order valence-corrected chi connectivity index (χ0v) is 18.7. The second kappa shape index (κ2) is 9.57. The van der Waals surface area contributed by atoms with Crippen LogP contribution in [0.5, 0.6) is 17.2 Å². The molecule has 1 aromatic heterocycles. The van der Waals surface area contributed by atoms with Crippen LogP contribution in [0.4, 0.5) is 0 Å². The summed E-state index contributed by atoms with van der Waals surface area (Å²) in [6, 6.07) is 20.0. The first kappa shape index (κ1) is 22.1. The molecule has 4 rings (SSSR count). The topological polar surface area (TPSA) is 65.7 Å². The first-order valence-electron chi connectivity index (χ1n) is 10.7. The lowest BCUT2D eigenvalue weighted by Gasteiger charge is -2.13. The number of benzene rings is 3. The van der Waals surface area contributed by atoms with Crippen LogP contribution in [0.15, 0.2) is 88.3 Å². The lowest BCUT2D eigenvalue weighted by Crippen LogP contribution is -2.07. The van der Waals surface area contributed by atoms with E-state index in [2.05, 4.69) is 13.8 Å². The van der Waals surface area contributed by atoms with Crippen molar-refractivity contribution in [3.05, 3.63) is 106 Å². The summed E-state index contributed by atoms with van der Waals surface area (Å²) in [5, 5.41) is 0.338. The molecule has 3 aromatic carbocycles. The van der Waals surface area contributed by atoms with E-state index in [0.29, 0.717) is 16.7 Å². The van der Waals surface area contributed by atoms with Gasteiger partial charge in [0, 0.05) is 12.1 Å². The van der Waals surface area contributed by atoms with E-state index in [4.69, 9.17) is 13.9 Å². The fourth-order valence-corrected chi connectivity index (χ4v) is 3.39. The van der Waals surface area contributed by atoms with Crippen molar-refractivity contribution in [3.63, 3.8) is 0 Å². The Kier molecular flexibility index (Phi) is 6.41. The molecule has 0 fully saturated rings. The molecule has 0 N–H and O–H groups in total. The minimum atomic E-state index is -0.525. The number of carbonyl (C=O) groups excluding carboxylic acids is 1. The quantitative estimate of drug-likeness (QED) is 0.191. The van der Waals surface area contributed by atoms with Crippen molar-refractivity contribution < 1.29 is 18.7 Å². The lowest BCUT2D eigenvalue weighted by molar-refractivity contribution is -0.128. The Labute approximate surface area is 191 Å². The number of para-hydroxylation sites is 1. The molecule has 0 aliphatic carbocycles. The largest absolute Gasteiger partial charge is 0.460 e. The predicted molar refractivity (Wildman–Crippen MR) is 129 cm³/mol. The van der Waals surface area contributed by atoms with Gasteiger partial charge in [-0.2, -0.15) is 0 Å². The van der Waals surface area contributed by atoms with Crippen LogP contribution in [-0.4, -0.2) is 5.97 Å². The zero-order valence-electron chi connectivity index (χ0n) is 18.7. The van der Waals surface area contributed by atoms with Crippen molar-refractivity contribution in [2.45, 2.75) is 26.7 Å². The van der Waals surface area contributed by atoms with Crippen molar-refractivity contribution in [2.24, 2.45) is 0 Å². The van der Waals surface area contributed by atoms with Crippen LogP contribution in [0.1, 0.15) is 36.5 Å². The summed E-state index contributed by atoms with van der Waals surface area (Å²) in [6.07, 6.45) is 4.32. The van der Waals surface area contributed by atoms with E-state index in [1.807, 2.05) is 55.5 Å². The molecule has 5 heteroatoms. The van der Waals surface area contributed by atoms with E-state index in [0.717, 1.165) is 16.7 Å². The van der Waals surface area contributed by atoms with Crippen LogP contribution in [-0.2, 0) is 4.79 Å². The Balaban J connectivity index is 1.53. The van der Waals surface area contributed by atoms with Crippen LogP contribution < -0.4 is 14.9 Å². The number of ether oxygens (including phenoxy) is 2. The molecule has 166 valence electrons. The van der Waals surface area contributed by atoms with E-state index in [1.54, 1.807) is 18.2 Å². The number of aryl methyl sites for hydroxylation is 1. The Hall–Kier alpha value is -4.12. The summed E-state index contributed by atoms with van der Waals surface area (Å²) < 4.78 is 16.9. The molecule has 0 saturated carbocycles. The molecule has 0 bridgehead atoms. The molecule has 0 aliphatic rings. The maximum absolute atomic E-state index is 12.9. The van der Waals surface area contributed by atoms with Gasteiger partial charge in [-0.25, -0.2) is 4.79 Å². The molecule has 0 atom stereocenters. The number of fused-ring (bicyclic) bond motifs is 1. The van der Waals surface area contributed by atoms with E-state index < -0.39 is 5.97 Å². The Morgan fingerprint density at radius 2 is 1.73 bits per heavy atom. The third-order valence-corrected chi connectivity index (χ3v) is 5.18. The maximum Gasteiger partial charge on any atom is 0.336 e. The van der Waals surface area contributed by atoms with Gasteiger partial charge in [0.15, 0.2) is 0 Å². The van der Waals surface area contributed by atoms with Gasteiger partial charge < -0.3 is 13.9 Å². The maximum atomic E-state index is 12.9. The van der Waals surface area contributed by atoms with Crippen molar-refractivity contribution in [1.29, 1.82) is 0 Å². The molecule has 0 unspecified atom stereocenters. The standard InChI is InChI=1S/C28H24O5/c1-18(2)22-6-4-5-7-24(22)33-26-17-31-25-16-21(13-14-23(25)28(26)30)32-27(29)15-12-20-10-8-19(3)9-11-20/h4-18H,1-3H3/b15-12+. The minimum Gasteiger partial charge on any atom is -0.460 e. The summed E-state index contributed by atoms with van der Waals surface area (Å²) in [6.45, 7) is 6.12. The van der Waals surface area contributed by atoms with Crippen LogP contribution in [0.3, 0.4) is 0 Å².